The zero-order chi connectivity index (χ0) is 15.5. The molecule has 0 aromatic rings. The second-order valence-electron chi connectivity index (χ2n) is 2.99. The van der Waals surface area contributed by atoms with Crippen LogP contribution >= 0.6 is 0 Å². The summed E-state index contributed by atoms with van der Waals surface area (Å²) < 4.78 is 0. The van der Waals surface area contributed by atoms with Crippen LogP contribution in [0.2, 0.25) is 0 Å². The first-order chi connectivity index (χ1) is 7.93. The van der Waals surface area contributed by atoms with Crippen molar-refractivity contribution in [2.45, 2.75) is 39.1 Å². The van der Waals surface area contributed by atoms with Gasteiger partial charge in [0.05, 0.1) is 36.2 Å². The van der Waals surface area contributed by atoms with Gasteiger partial charge in [-0.05, 0) is 20.8 Å². The van der Waals surface area contributed by atoms with Crippen molar-refractivity contribution in [3.63, 3.8) is 0 Å². The van der Waals surface area contributed by atoms with Gasteiger partial charge in [-0.25, -0.2) is 0 Å². The Morgan fingerprint density at radius 1 is 0.684 bits per heavy atom. The maximum Gasteiger partial charge on any atom is 3.00 e. The molecular weight excluding hydrogens is 402 g/mol. The summed E-state index contributed by atoms with van der Waals surface area (Å²) >= 11 is 0. The molecule has 3 unspecified atom stereocenters. The maximum atomic E-state index is 9.34. The third-order valence-corrected chi connectivity index (χ3v) is 1.02. The number of carbonyl (C=O) groups is 3. The molecule has 3 atom stereocenters. The molecule has 0 amide bonds. The fraction of sp³-hybridized carbons (Fsp3) is 0.667. The molecule has 0 bridgehead atoms. The van der Waals surface area contributed by atoms with Gasteiger partial charge in [0.15, 0.2) is 0 Å². The van der Waals surface area contributed by atoms with Crippen molar-refractivity contribution in [3.05, 3.63) is 0 Å². The zero-order valence-corrected chi connectivity index (χ0v) is 13.1. The minimum absolute atomic E-state index is 0. The van der Waals surface area contributed by atoms with Crippen molar-refractivity contribution < 1.29 is 85.4 Å². The Morgan fingerprint density at radius 3 is 0.737 bits per heavy atom. The molecule has 19 heavy (non-hydrogen) atoms. The quantitative estimate of drug-likeness (QED) is 0.403. The van der Waals surface area contributed by atoms with Gasteiger partial charge in [0, 0.05) is 0 Å². The van der Waals surface area contributed by atoms with Crippen LogP contribution in [-0.2, 0) is 14.4 Å². The standard InChI is InChI=1S/3C3H6O3.Sm/c3*1-2(4)3(5)6;/h3*2,4H,1H3,(H,5,6);/q;;;+3/p-3. The van der Waals surface area contributed by atoms with Crippen molar-refractivity contribution in [2.75, 3.05) is 0 Å². The van der Waals surface area contributed by atoms with Gasteiger partial charge in [0.25, 0.3) is 0 Å². The third kappa shape index (κ3) is 31.8. The molecule has 9 nitrogen and oxygen atoms in total. The second-order valence-corrected chi connectivity index (χ2v) is 2.99. The number of rotatable bonds is 3. The molecule has 0 aliphatic carbocycles. The molecule has 0 saturated heterocycles. The van der Waals surface area contributed by atoms with E-state index in [1.54, 1.807) is 0 Å². The Balaban J connectivity index is -0.0000000865. The number of aliphatic carboxylic acids is 3. The molecule has 0 aromatic heterocycles. The van der Waals surface area contributed by atoms with Crippen molar-refractivity contribution in [3.8, 4) is 0 Å². The van der Waals surface area contributed by atoms with E-state index in [0.717, 1.165) is 20.8 Å². The van der Waals surface area contributed by atoms with Crippen LogP contribution in [0.5, 0.6) is 0 Å². The molecule has 0 fully saturated rings. The molecule has 111 valence electrons. The number of carboxylic acid groups (broad SMARTS) is 3. The summed E-state index contributed by atoms with van der Waals surface area (Å²) in [5.74, 6) is -4.31. The summed E-state index contributed by atoms with van der Waals surface area (Å²) in [5, 5.41) is 51.9. The number of hydrogen-bond donors (Lipinski definition) is 3. The largest absolute Gasteiger partial charge is 3.00 e. The number of carboxylic acids is 3. The van der Waals surface area contributed by atoms with E-state index >= 15 is 0 Å². The van der Waals surface area contributed by atoms with Gasteiger partial charge in [0.1, 0.15) is 0 Å². The molecule has 0 rings (SSSR count). The van der Waals surface area contributed by atoms with Crippen LogP contribution in [0.15, 0.2) is 0 Å². The van der Waals surface area contributed by atoms with Crippen LogP contribution in [0.1, 0.15) is 20.8 Å². The average molecular weight is 418 g/mol. The molecule has 10 heteroatoms. The zero-order valence-electron chi connectivity index (χ0n) is 10.4. The van der Waals surface area contributed by atoms with Crippen LogP contribution in [0.25, 0.3) is 0 Å². The van der Waals surface area contributed by atoms with E-state index in [0.29, 0.717) is 0 Å². The number of hydrogen-bond acceptors (Lipinski definition) is 9. The first-order valence-corrected chi connectivity index (χ1v) is 4.60. The van der Waals surface area contributed by atoms with Crippen LogP contribution < -0.4 is 15.3 Å². The normalized spacial score (nSPS) is 12.9. The fourth-order valence-electron chi connectivity index (χ4n) is 0. The predicted molar refractivity (Wildman–Crippen MR) is 50.1 cm³/mol. The minimum Gasteiger partial charge on any atom is -0.547 e. The summed E-state index contributed by atoms with van der Waals surface area (Å²) in [7, 11) is 0. The molecule has 3 N–H and O–H groups in total. The molecule has 0 saturated carbocycles. The Labute approximate surface area is 142 Å². The van der Waals surface area contributed by atoms with Crippen LogP contribution in [0.3, 0.4) is 0 Å². The van der Waals surface area contributed by atoms with Gasteiger partial charge < -0.3 is 45.0 Å². The monoisotopic (exact) mass is 419 g/mol. The Bertz CT molecular complexity index is 220. The van der Waals surface area contributed by atoms with E-state index in [4.69, 9.17) is 15.3 Å². The van der Waals surface area contributed by atoms with Crippen LogP contribution in [-0.4, -0.2) is 51.5 Å². The van der Waals surface area contributed by atoms with E-state index < -0.39 is 36.2 Å². The van der Waals surface area contributed by atoms with E-state index in [1.807, 2.05) is 0 Å². The smallest absolute Gasteiger partial charge is 0.547 e. The summed E-state index contributed by atoms with van der Waals surface area (Å²) in [6, 6.07) is 0. The number of aliphatic hydroxyl groups excluding tert-OH is 3. The van der Waals surface area contributed by atoms with E-state index in [1.165, 1.54) is 0 Å². The fourth-order valence-corrected chi connectivity index (χ4v) is 0. The molecular formula is C9H15O9Sm. The topological polar surface area (TPSA) is 181 Å². The van der Waals surface area contributed by atoms with E-state index in [9.17, 15) is 29.7 Å². The SMILES string of the molecule is CC(O)C(=O)[O-].CC(O)C(=O)[O-].CC(O)C(=O)[O-].[Sm+3]. The Kier molecular flexibility index (Phi) is 22.3. The van der Waals surface area contributed by atoms with Gasteiger partial charge >= 0.3 is 40.4 Å². The molecule has 0 aliphatic rings. The Morgan fingerprint density at radius 2 is 0.737 bits per heavy atom. The van der Waals surface area contributed by atoms with Crippen molar-refractivity contribution >= 4 is 17.9 Å². The summed E-state index contributed by atoms with van der Waals surface area (Å²) in [6.07, 6.45) is -4.03. The maximum absolute atomic E-state index is 9.34. The average Bonchev–Trinajstić information content (AvgIpc) is 2.18. The van der Waals surface area contributed by atoms with Gasteiger partial charge in [0.2, 0.25) is 0 Å². The van der Waals surface area contributed by atoms with Crippen molar-refractivity contribution in [2.24, 2.45) is 0 Å². The summed E-state index contributed by atoms with van der Waals surface area (Å²) in [4.78, 5) is 28.0. The van der Waals surface area contributed by atoms with Gasteiger partial charge in [-0.15, -0.1) is 0 Å². The van der Waals surface area contributed by atoms with Gasteiger partial charge in [-0.1, -0.05) is 0 Å². The van der Waals surface area contributed by atoms with E-state index in [2.05, 4.69) is 0 Å². The van der Waals surface area contributed by atoms with E-state index in [-0.39, 0.29) is 40.4 Å². The summed E-state index contributed by atoms with van der Waals surface area (Å²) in [6.45, 7) is 3.40. The minimum atomic E-state index is -1.44. The van der Waals surface area contributed by atoms with Crippen molar-refractivity contribution in [1.82, 2.24) is 0 Å². The van der Waals surface area contributed by atoms with Gasteiger partial charge in [-0.3, -0.25) is 0 Å². The second kappa shape index (κ2) is 15.7. The molecule has 0 aliphatic heterocycles. The molecule has 1 radical (unpaired) electrons. The van der Waals surface area contributed by atoms with Gasteiger partial charge in [-0.2, -0.15) is 0 Å². The molecule has 0 heterocycles. The summed E-state index contributed by atoms with van der Waals surface area (Å²) in [5.41, 5.74) is 0. The number of carbonyl (C=O) groups excluding carboxylic acids is 3. The number of aliphatic hydroxyl groups is 3. The first kappa shape index (κ1) is 27.1. The molecule has 0 aromatic carbocycles. The first-order valence-electron chi connectivity index (χ1n) is 4.60. The third-order valence-electron chi connectivity index (χ3n) is 1.02. The van der Waals surface area contributed by atoms with Crippen LogP contribution in [0, 0.1) is 40.4 Å². The Hall–Kier alpha value is -0.372. The predicted octanol–water partition coefficient (Wildman–Crippen LogP) is -5.65. The molecule has 0 spiro atoms. The van der Waals surface area contributed by atoms with Crippen molar-refractivity contribution in [1.29, 1.82) is 0 Å². The van der Waals surface area contributed by atoms with Crippen LogP contribution in [0.4, 0.5) is 0 Å².